The fraction of sp³-hybridized carbons (Fsp3) is 0.391. The van der Waals surface area contributed by atoms with Gasteiger partial charge in [-0.1, -0.05) is 30.3 Å². The highest BCUT2D eigenvalue weighted by molar-refractivity contribution is 5.97. The van der Waals surface area contributed by atoms with Crippen LogP contribution in [0, 0.1) is 5.92 Å². The summed E-state index contributed by atoms with van der Waals surface area (Å²) in [5.41, 5.74) is 0.139. The molecule has 1 heterocycles. The molecule has 0 saturated carbocycles. The van der Waals surface area contributed by atoms with Gasteiger partial charge in [0.15, 0.2) is 0 Å². The van der Waals surface area contributed by atoms with Crippen molar-refractivity contribution in [3.05, 3.63) is 59.7 Å². The number of halogens is 5. The van der Waals surface area contributed by atoms with Crippen LogP contribution in [0.5, 0.6) is 11.5 Å². The lowest BCUT2D eigenvalue weighted by Gasteiger charge is -2.34. The molecule has 11 heteroatoms. The second-order valence-electron chi connectivity index (χ2n) is 7.81. The van der Waals surface area contributed by atoms with Crippen LogP contribution in [0.3, 0.4) is 0 Å². The van der Waals surface area contributed by atoms with Gasteiger partial charge < -0.3 is 19.3 Å². The second kappa shape index (κ2) is 10.7. The maximum absolute atomic E-state index is 13.0. The normalized spacial score (nSPS) is 16.3. The number of amides is 2. The summed E-state index contributed by atoms with van der Waals surface area (Å²) in [5, 5.41) is 0. The zero-order chi connectivity index (χ0) is 24.9. The minimum atomic E-state index is -4.87. The monoisotopic (exact) mass is 486 g/mol. The molecule has 2 amide bonds. The third kappa shape index (κ3) is 6.58. The van der Waals surface area contributed by atoms with Crippen molar-refractivity contribution in [1.82, 2.24) is 9.80 Å². The van der Waals surface area contributed by atoms with E-state index in [0.717, 1.165) is 0 Å². The number of piperidine rings is 1. The molecule has 1 aliphatic heterocycles. The van der Waals surface area contributed by atoms with Crippen LogP contribution in [-0.2, 0) is 11.3 Å². The quantitative estimate of drug-likeness (QED) is 0.533. The molecule has 2 aromatic rings. The maximum Gasteiger partial charge on any atom is 0.573 e. The van der Waals surface area contributed by atoms with Crippen molar-refractivity contribution in [2.45, 2.75) is 32.4 Å². The molecule has 1 atom stereocenters. The fourth-order valence-corrected chi connectivity index (χ4v) is 3.88. The molecule has 1 aliphatic rings. The number of para-hydroxylation sites is 2. The Morgan fingerprint density at radius 1 is 1.09 bits per heavy atom. The van der Waals surface area contributed by atoms with Crippen LogP contribution in [0.1, 0.15) is 28.8 Å². The first kappa shape index (κ1) is 25.3. The minimum absolute atomic E-state index is 0.0394. The van der Waals surface area contributed by atoms with Gasteiger partial charge in [0.25, 0.3) is 5.91 Å². The largest absolute Gasteiger partial charge is 0.573 e. The number of ether oxygens (including phenoxy) is 2. The van der Waals surface area contributed by atoms with E-state index in [1.807, 2.05) is 0 Å². The Morgan fingerprint density at radius 2 is 1.74 bits per heavy atom. The van der Waals surface area contributed by atoms with Crippen molar-refractivity contribution < 1.29 is 41.0 Å². The first-order valence-corrected chi connectivity index (χ1v) is 10.5. The van der Waals surface area contributed by atoms with E-state index >= 15 is 0 Å². The summed E-state index contributed by atoms with van der Waals surface area (Å²) in [6.07, 6.45) is -3.89. The number of nitrogens with zero attached hydrogens (tertiary/aromatic N) is 2. The van der Waals surface area contributed by atoms with E-state index in [-0.39, 0.29) is 35.9 Å². The molecule has 0 aromatic heterocycles. The van der Waals surface area contributed by atoms with Crippen molar-refractivity contribution in [3.8, 4) is 11.5 Å². The summed E-state index contributed by atoms with van der Waals surface area (Å²) in [5.74, 6) is -2.14. The Morgan fingerprint density at radius 3 is 2.41 bits per heavy atom. The highest BCUT2D eigenvalue weighted by Gasteiger charge is 2.34. The van der Waals surface area contributed by atoms with Gasteiger partial charge in [0.05, 0.1) is 11.5 Å². The number of likely N-dealkylation sites (tertiary alicyclic amines) is 1. The average molecular weight is 486 g/mol. The van der Waals surface area contributed by atoms with E-state index in [9.17, 15) is 31.5 Å². The summed E-state index contributed by atoms with van der Waals surface area (Å²) in [4.78, 5) is 28.7. The molecule has 184 valence electrons. The van der Waals surface area contributed by atoms with Crippen LogP contribution in [0.4, 0.5) is 22.0 Å². The summed E-state index contributed by atoms with van der Waals surface area (Å²) >= 11 is 0. The molecule has 34 heavy (non-hydrogen) atoms. The standard InChI is InChI=1S/C23H23F5N2O4/c1-29(13-15-7-2-4-10-18(15)34-23(26,27)28)20(31)16-8-6-12-30(14-16)21(32)17-9-3-5-11-19(17)33-22(24)25/h2-5,7,9-11,16,22H,6,8,12-14H2,1H3. The number of carbonyl (C=O) groups is 2. The Bertz CT molecular complexity index is 1010. The number of rotatable bonds is 7. The number of hydrogen-bond acceptors (Lipinski definition) is 4. The van der Waals surface area contributed by atoms with E-state index in [4.69, 9.17) is 0 Å². The SMILES string of the molecule is CN(Cc1ccccc1OC(F)(F)F)C(=O)C1CCCN(C(=O)c2ccccc2OC(F)F)C1. The topological polar surface area (TPSA) is 59.1 Å². The third-order valence-electron chi connectivity index (χ3n) is 5.37. The zero-order valence-electron chi connectivity index (χ0n) is 18.2. The molecule has 3 rings (SSSR count). The van der Waals surface area contributed by atoms with Crippen LogP contribution in [0.2, 0.25) is 0 Å². The van der Waals surface area contributed by atoms with E-state index < -0.39 is 30.5 Å². The summed E-state index contributed by atoms with van der Waals surface area (Å²) in [7, 11) is 1.46. The minimum Gasteiger partial charge on any atom is -0.434 e. The molecule has 0 radical (unpaired) electrons. The Labute approximate surface area is 192 Å². The molecular formula is C23H23F5N2O4. The zero-order valence-corrected chi connectivity index (χ0v) is 18.2. The van der Waals surface area contributed by atoms with Gasteiger partial charge in [0, 0.05) is 32.2 Å². The van der Waals surface area contributed by atoms with Crippen molar-refractivity contribution in [2.24, 2.45) is 5.92 Å². The molecule has 6 nitrogen and oxygen atoms in total. The fourth-order valence-electron chi connectivity index (χ4n) is 3.88. The lowest BCUT2D eigenvalue weighted by atomic mass is 9.95. The first-order chi connectivity index (χ1) is 16.0. The lowest BCUT2D eigenvalue weighted by molar-refractivity contribution is -0.275. The van der Waals surface area contributed by atoms with E-state index in [0.29, 0.717) is 19.4 Å². The third-order valence-corrected chi connectivity index (χ3v) is 5.37. The van der Waals surface area contributed by atoms with Gasteiger partial charge in [-0.25, -0.2) is 0 Å². The second-order valence-corrected chi connectivity index (χ2v) is 7.81. The van der Waals surface area contributed by atoms with Crippen LogP contribution in [0.25, 0.3) is 0 Å². The number of benzene rings is 2. The molecule has 1 fully saturated rings. The Hall–Kier alpha value is -3.37. The lowest BCUT2D eigenvalue weighted by Crippen LogP contribution is -2.45. The van der Waals surface area contributed by atoms with E-state index in [1.54, 1.807) is 0 Å². The smallest absolute Gasteiger partial charge is 0.434 e. The molecule has 0 N–H and O–H groups in total. The van der Waals surface area contributed by atoms with Crippen LogP contribution in [0.15, 0.2) is 48.5 Å². The molecule has 1 saturated heterocycles. The summed E-state index contributed by atoms with van der Waals surface area (Å²) in [6.45, 7) is -2.84. The summed E-state index contributed by atoms with van der Waals surface area (Å²) < 4.78 is 71.9. The van der Waals surface area contributed by atoms with E-state index in [2.05, 4.69) is 9.47 Å². The molecular weight excluding hydrogens is 463 g/mol. The van der Waals surface area contributed by atoms with Crippen molar-refractivity contribution in [1.29, 1.82) is 0 Å². The van der Waals surface area contributed by atoms with E-state index in [1.165, 1.54) is 65.4 Å². The average Bonchev–Trinajstić information content (AvgIpc) is 2.78. The predicted molar refractivity (Wildman–Crippen MR) is 111 cm³/mol. The van der Waals surface area contributed by atoms with Gasteiger partial charge in [-0.15, -0.1) is 13.2 Å². The number of hydrogen-bond donors (Lipinski definition) is 0. The summed E-state index contributed by atoms with van der Waals surface area (Å²) in [6, 6.07) is 11.2. The molecule has 0 spiro atoms. The Kier molecular flexibility index (Phi) is 7.95. The van der Waals surface area contributed by atoms with Crippen molar-refractivity contribution in [2.75, 3.05) is 20.1 Å². The van der Waals surface area contributed by atoms with Gasteiger partial charge in [-0.2, -0.15) is 8.78 Å². The van der Waals surface area contributed by atoms with Gasteiger partial charge in [-0.3, -0.25) is 9.59 Å². The van der Waals surface area contributed by atoms with Crippen LogP contribution >= 0.6 is 0 Å². The molecule has 1 unspecified atom stereocenters. The highest BCUT2D eigenvalue weighted by Crippen LogP contribution is 2.29. The molecule has 0 aliphatic carbocycles. The van der Waals surface area contributed by atoms with Crippen molar-refractivity contribution in [3.63, 3.8) is 0 Å². The van der Waals surface area contributed by atoms with Gasteiger partial charge >= 0.3 is 13.0 Å². The van der Waals surface area contributed by atoms with Crippen molar-refractivity contribution >= 4 is 11.8 Å². The predicted octanol–water partition coefficient (Wildman–Crippen LogP) is 4.70. The van der Waals surface area contributed by atoms with Crippen LogP contribution < -0.4 is 9.47 Å². The van der Waals surface area contributed by atoms with Gasteiger partial charge in [0.2, 0.25) is 5.91 Å². The highest BCUT2D eigenvalue weighted by atomic mass is 19.4. The first-order valence-electron chi connectivity index (χ1n) is 10.5. The van der Waals surface area contributed by atoms with Gasteiger partial charge in [-0.05, 0) is 31.0 Å². The maximum atomic E-state index is 13.0. The number of carbonyl (C=O) groups excluding carboxylic acids is 2. The van der Waals surface area contributed by atoms with Crippen LogP contribution in [-0.4, -0.2) is 54.7 Å². The number of alkyl halides is 5. The molecule has 2 aromatic carbocycles. The van der Waals surface area contributed by atoms with Gasteiger partial charge in [0.1, 0.15) is 11.5 Å². The molecule has 0 bridgehead atoms. The Balaban J connectivity index is 1.69.